The van der Waals surface area contributed by atoms with Gasteiger partial charge in [0.2, 0.25) is 0 Å². The molecule has 0 aliphatic carbocycles. The van der Waals surface area contributed by atoms with Gasteiger partial charge in [-0.3, -0.25) is 4.99 Å². The molecule has 0 saturated heterocycles. The smallest absolute Gasteiger partial charge is 0.0626 e. The van der Waals surface area contributed by atoms with Crippen LogP contribution in [0.5, 0.6) is 0 Å². The lowest BCUT2D eigenvalue weighted by Crippen LogP contribution is -1.97. The average Bonchev–Trinajstić information content (AvgIpc) is 2.35. The van der Waals surface area contributed by atoms with Crippen LogP contribution in [-0.4, -0.2) is 24.5 Å². The molecule has 0 aliphatic rings. The highest BCUT2D eigenvalue weighted by molar-refractivity contribution is 5.86. The maximum absolute atomic E-state index is 8.71. The monoisotopic (exact) mass is 248 g/mol. The summed E-state index contributed by atoms with van der Waals surface area (Å²) in [5.74, 6) is 0. The largest absolute Gasteiger partial charge is 0.404 e. The van der Waals surface area contributed by atoms with Crippen LogP contribution in [0.3, 0.4) is 0 Å². The number of rotatable bonds is 7. The van der Waals surface area contributed by atoms with Crippen molar-refractivity contribution in [2.45, 2.75) is 27.2 Å². The lowest BCUT2D eigenvalue weighted by Gasteiger charge is -2.03. The molecule has 0 spiro atoms. The molecule has 0 saturated carbocycles. The summed E-state index contributed by atoms with van der Waals surface area (Å²) in [6.07, 6.45) is 12.4. The Balaban J connectivity index is 5.14. The maximum Gasteiger partial charge on any atom is 0.0626 e. The Hall–Kier alpha value is -1.61. The van der Waals surface area contributed by atoms with Gasteiger partial charge < -0.3 is 10.8 Å². The van der Waals surface area contributed by atoms with Gasteiger partial charge >= 0.3 is 0 Å². The minimum Gasteiger partial charge on any atom is -0.404 e. The second-order valence-electron chi connectivity index (χ2n) is 3.84. The van der Waals surface area contributed by atoms with Crippen molar-refractivity contribution in [3.63, 3.8) is 0 Å². The molecule has 0 aliphatic heterocycles. The van der Waals surface area contributed by atoms with E-state index in [4.69, 9.17) is 10.8 Å². The quantitative estimate of drug-likeness (QED) is 0.537. The fourth-order valence-electron chi connectivity index (χ4n) is 1.47. The standard InChI is InChI=1S/C15H24N2O/c1-4-6-13(3)10-14(7-5-2)15(11-16)12-17-8-9-18/h5-7,10-12,18H,4,8-9,16H2,1-3H3/b7-5-,13-6?,14-10+,15-11+,17-12?. The zero-order valence-electron chi connectivity index (χ0n) is 11.6. The highest BCUT2D eigenvalue weighted by Gasteiger charge is 1.98. The van der Waals surface area contributed by atoms with Gasteiger partial charge in [0, 0.05) is 18.0 Å². The van der Waals surface area contributed by atoms with Crippen molar-refractivity contribution < 1.29 is 5.11 Å². The number of hydrogen-bond acceptors (Lipinski definition) is 3. The molecule has 100 valence electrons. The van der Waals surface area contributed by atoms with Crippen molar-refractivity contribution >= 4 is 6.21 Å². The SMILES string of the molecule is C\C=C/C(=C\C(C)=CCC)C(/C=NCCO)=C/N. The number of allylic oxidation sites excluding steroid dienone is 7. The van der Waals surface area contributed by atoms with Gasteiger partial charge in [0.15, 0.2) is 0 Å². The van der Waals surface area contributed by atoms with Gasteiger partial charge in [-0.25, -0.2) is 0 Å². The number of aliphatic imine (C=N–C) groups is 1. The summed E-state index contributed by atoms with van der Waals surface area (Å²) < 4.78 is 0. The van der Waals surface area contributed by atoms with Gasteiger partial charge in [-0.05, 0) is 25.8 Å². The third-order valence-corrected chi connectivity index (χ3v) is 2.23. The number of nitrogens with zero attached hydrogens (tertiary/aromatic N) is 1. The van der Waals surface area contributed by atoms with Crippen LogP contribution in [0.15, 0.2) is 52.2 Å². The molecule has 0 rings (SSSR count). The zero-order valence-corrected chi connectivity index (χ0v) is 11.6. The summed E-state index contributed by atoms with van der Waals surface area (Å²) in [4.78, 5) is 4.10. The predicted octanol–water partition coefficient (Wildman–Crippen LogP) is 2.75. The van der Waals surface area contributed by atoms with Crippen molar-refractivity contribution in [2.24, 2.45) is 10.7 Å². The highest BCUT2D eigenvalue weighted by Crippen LogP contribution is 2.13. The summed E-state index contributed by atoms with van der Waals surface area (Å²) in [6, 6.07) is 0. The van der Waals surface area contributed by atoms with Crippen LogP contribution in [-0.2, 0) is 0 Å². The predicted molar refractivity (Wildman–Crippen MR) is 79.7 cm³/mol. The van der Waals surface area contributed by atoms with E-state index >= 15 is 0 Å². The van der Waals surface area contributed by atoms with Crippen LogP contribution in [0.25, 0.3) is 0 Å². The third-order valence-electron chi connectivity index (χ3n) is 2.23. The van der Waals surface area contributed by atoms with Crippen LogP contribution >= 0.6 is 0 Å². The van der Waals surface area contributed by atoms with Gasteiger partial charge in [0.05, 0.1) is 13.2 Å². The number of hydrogen-bond donors (Lipinski definition) is 2. The summed E-state index contributed by atoms with van der Waals surface area (Å²) in [6.45, 7) is 6.57. The van der Waals surface area contributed by atoms with E-state index in [1.54, 1.807) is 6.21 Å². The van der Waals surface area contributed by atoms with E-state index in [1.165, 1.54) is 11.8 Å². The minimum absolute atomic E-state index is 0.0474. The molecular formula is C15H24N2O. The van der Waals surface area contributed by atoms with E-state index in [1.807, 2.05) is 19.1 Å². The highest BCUT2D eigenvalue weighted by atomic mass is 16.3. The van der Waals surface area contributed by atoms with E-state index in [2.05, 4.69) is 31.0 Å². The molecule has 3 heteroatoms. The van der Waals surface area contributed by atoms with Crippen molar-refractivity contribution in [3.8, 4) is 0 Å². The van der Waals surface area contributed by atoms with Gasteiger partial charge in [0.25, 0.3) is 0 Å². The Morgan fingerprint density at radius 1 is 1.33 bits per heavy atom. The second-order valence-corrected chi connectivity index (χ2v) is 3.84. The van der Waals surface area contributed by atoms with E-state index in [-0.39, 0.29) is 6.61 Å². The van der Waals surface area contributed by atoms with Gasteiger partial charge in [-0.2, -0.15) is 0 Å². The maximum atomic E-state index is 8.71. The Kier molecular flexibility index (Phi) is 9.60. The van der Waals surface area contributed by atoms with Crippen LogP contribution in [0.1, 0.15) is 27.2 Å². The van der Waals surface area contributed by atoms with E-state index in [9.17, 15) is 0 Å². The molecule has 0 bridgehead atoms. The lowest BCUT2D eigenvalue weighted by molar-refractivity contribution is 0.307. The second kappa shape index (κ2) is 10.5. The Morgan fingerprint density at radius 2 is 2.06 bits per heavy atom. The van der Waals surface area contributed by atoms with Crippen LogP contribution in [0.2, 0.25) is 0 Å². The number of aliphatic hydroxyl groups is 1. The Morgan fingerprint density at radius 3 is 2.56 bits per heavy atom. The van der Waals surface area contributed by atoms with E-state index in [0.29, 0.717) is 6.54 Å². The first-order valence-electron chi connectivity index (χ1n) is 6.23. The molecule has 3 nitrogen and oxygen atoms in total. The van der Waals surface area contributed by atoms with Crippen molar-refractivity contribution in [2.75, 3.05) is 13.2 Å². The van der Waals surface area contributed by atoms with Crippen molar-refractivity contribution in [1.29, 1.82) is 0 Å². The van der Waals surface area contributed by atoms with Gasteiger partial charge in [-0.15, -0.1) is 0 Å². The van der Waals surface area contributed by atoms with Crippen LogP contribution < -0.4 is 5.73 Å². The fraction of sp³-hybridized carbons (Fsp3) is 0.400. The number of aliphatic hydroxyl groups excluding tert-OH is 1. The molecule has 0 aromatic rings. The lowest BCUT2D eigenvalue weighted by atomic mass is 10.0. The average molecular weight is 248 g/mol. The minimum atomic E-state index is 0.0474. The summed E-state index contributed by atoms with van der Waals surface area (Å²) in [5.41, 5.74) is 8.69. The third kappa shape index (κ3) is 6.86. The molecular weight excluding hydrogens is 224 g/mol. The van der Waals surface area contributed by atoms with Crippen molar-refractivity contribution in [1.82, 2.24) is 0 Å². The van der Waals surface area contributed by atoms with E-state index in [0.717, 1.165) is 17.6 Å². The van der Waals surface area contributed by atoms with Gasteiger partial charge in [0.1, 0.15) is 0 Å². The Bertz CT molecular complexity index is 374. The van der Waals surface area contributed by atoms with Gasteiger partial charge in [-0.1, -0.05) is 36.8 Å². The first-order chi connectivity index (χ1) is 8.69. The molecule has 0 atom stereocenters. The molecule has 0 radical (unpaired) electrons. The van der Waals surface area contributed by atoms with Crippen LogP contribution in [0.4, 0.5) is 0 Å². The molecule has 18 heavy (non-hydrogen) atoms. The molecule has 0 heterocycles. The molecule has 0 unspecified atom stereocenters. The number of nitrogens with two attached hydrogens (primary N) is 1. The van der Waals surface area contributed by atoms with E-state index < -0.39 is 0 Å². The van der Waals surface area contributed by atoms with Crippen LogP contribution in [0, 0.1) is 0 Å². The molecule has 0 amide bonds. The zero-order chi connectivity index (χ0) is 13.8. The van der Waals surface area contributed by atoms with Crippen molar-refractivity contribution in [3.05, 3.63) is 47.2 Å². The summed E-state index contributed by atoms with van der Waals surface area (Å²) in [7, 11) is 0. The summed E-state index contributed by atoms with van der Waals surface area (Å²) >= 11 is 0. The topological polar surface area (TPSA) is 58.6 Å². The molecule has 0 aromatic carbocycles. The molecule has 0 fully saturated rings. The first-order valence-corrected chi connectivity index (χ1v) is 6.23. The molecule has 0 aromatic heterocycles. The normalized spacial score (nSPS) is 15.0. The fourth-order valence-corrected chi connectivity index (χ4v) is 1.47. The Labute approximate surface area is 110 Å². The summed E-state index contributed by atoms with van der Waals surface area (Å²) in [5, 5.41) is 8.71. The first kappa shape index (κ1) is 16.4. The molecule has 3 N–H and O–H groups in total.